The number of anilines is 1. The van der Waals surface area contributed by atoms with E-state index in [0.29, 0.717) is 0 Å². The van der Waals surface area contributed by atoms with E-state index in [4.69, 9.17) is 5.26 Å². The molecule has 2 rings (SSSR count). The summed E-state index contributed by atoms with van der Waals surface area (Å²) in [5.74, 6) is 0.249. The van der Waals surface area contributed by atoms with E-state index in [1.807, 2.05) is 6.07 Å². The van der Waals surface area contributed by atoms with Crippen molar-refractivity contribution in [3.8, 4) is 6.07 Å². The lowest BCUT2D eigenvalue weighted by atomic mass is 10.3. The smallest absolute Gasteiger partial charge is 0.224 e. The van der Waals surface area contributed by atoms with Crippen LogP contribution in [0.5, 0.6) is 0 Å². The van der Waals surface area contributed by atoms with Gasteiger partial charge >= 0.3 is 0 Å². The van der Waals surface area contributed by atoms with Crippen molar-refractivity contribution in [1.82, 2.24) is 9.97 Å². The van der Waals surface area contributed by atoms with E-state index in [2.05, 4.69) is 15.3 Å². The number of nitrogens with one attached hydrogen (secondary N) is 1. The lowest BCUT2D eigenvalue weighted by molar-refractivity contribution is 0.605. The Hall–Kier alpha value is -1.94. The molecule has 7 heteroatoms. The Bertz CT molecular complexity index is 573. The summed E-state index contributed by atoms with van der Waals surface area (Å²) in [5.41, 5.74) is 0.238. The van der Waals surface area contributed by atoms with Crippen LogP contribution in [-0.4, -0.2) is 30.2 Å². The Kier molecular flexibility index (Phi) is 2.58. The highest BCUT2D eigenvalue weighted by Crippen LogP contribution is 2.12. The van der Waals surface area contributed by atoms with Crippen LogP contribution in [0.2, 0.25) is 0 Å². The largest absolute Gasteiger partial charge is 0.347 e. The topological polar surface area (TPSA) is 95.7 Å². The maximum absolute atomic E-state index is 11.1. The molecule has 0 amide bonds. The molecule has 1 aromatic rings. The first kappa shape index (κ1) is 10.6. The minimum absolute atomic E-state index is 0.00680. The van der Waals surface area contributed by atoms with E-state index in [0.717, 1.165) is 0 Å². The van der Waals surface area contributed by atoms with Crippen LogP contribution >= 0.6 is 0 Å². The molecule has 0 saturated heterocycles. The van der Waals surface area contributed by atoms with E-state index in [9.17, 15) is 8.42 Å². The second-order valence-corrected chi connectivity index (χ2v) is 5.22. The van der Waals surface area contributed by atoms with Crippen LogP contribution < -0.4 is 5.32 Å². The van der Waals surface area contributed by atoms with Gasteiger partial charge in [-0.25, -0.2) is 18.4 Å². The van der Waals surface area contributed by atoms with E-state index < -0.39 is 9.84 Å². The van der Waals surface area contributed by atoms with E-state index >= 15 is 0 Å². The Morgan fingerprint density at radius 3 is 3.00 bits per heavy atom. The van der Waals surface area contributed by atoms with E-state index in [-0.39, 0.29) is 23.4 Å². The standard InChI is InChI=1S/C9H8N4O2S/c10-5-7-1-3-11-9(12-7)13-8-2-4-16(14,15)6-8/h1-4,8H,6H2,(H,11,12,13). The van der Waals surface area contributed by atoms with Gasteiger partial charge < -0.3 is 5.32 Å². The third kappa shape index (κ3) is 2.35. The van der Waals surface area contributed by atoms with Crippen molar-refractivity contribution in [3.63, 3.8) is 0 Å². The summed E-state index contributed by atoms with van der Waals surface area (Å²) in [7, 11) is -3.09. The van der Waals surface area contributed by atoms with Gasteiger partial charge in [-0.2, -0.15) is 5.26 Å². The summed E-state index contributed by atoms with van der Waals surface area (Å²) < 4.78 is 22.3. The molecule has 0 spiro atoms. The summed E-state index contributed by atoms with van der Waals surface area (Å²) in [6.45, 7) is 0. The summed E-state index contributed by atoms with van der Waals surface area (Å²) in [5, 5.41) is 12.6. The Balaban J connectivity index is 2.12. The first-order chi connectivity index (χ1) is 7.59. The number of nitrogens with zero attached hydrogens (tertiary/aromatic N) is 3. The monoisotopic (exact) mass is 236 g/mol. The first-order valence-electron chi connectivity index (χ1n) is 4.50. The molecule has 0 aromatic carbocycles. The molecule has 1 atom stereocenters. The van der Waals surface area contributed by atoms with Crippen molar-refractivity contribution < 1.29 is 8.42 Å². The number of sulfone groups is 1. The van der Waals surface area contributed by atoms with Gasteiger partial charge in [0.1, 0.15) is 11.8 Å². The van der Waals surface area contributed by atoms with Crippen molar-refractivity contribution in [2.24, 2.45) is 0 Å². The molecule has 0 bridgehead atoms. The zero-order valence-electron chi connectivity index (χ0n) is 8.16. The number of nitriles is 1. The zero-order chi connectivity index (χ0) is 11.6. The van der Waals surface area contributed by atoms with Gasteiger partial charge in [-0.3, -0.25) is 0 Å². The lowest BCUT2D eigenvalue weighted by Gasteiger charge is -2.08. The Labute approximate surface area is 92.6 Å². The van der Waals surface area contributed by atoms with Crippen molar-refractivity contribution in [2.45, 2.75) is 6.04 Å². The maximum Gasteiger partial charge on any atom is 0.224 e. The molecule has 1 aliphatic rings. The van der Waals surface area contributed by atoms with E-state index in [1.54, 1.807) is 0 Å². The molecule has 16 heavy (non-hydrogen) atoms. The fourth-order valence-electron chi connectivity index (χ4n) is 1.32. The Morgan fingerprint density at radius 1 is 1.56 bits per heavy atom. The number of hydrogen-bond donors (Lipinski definition) is 1. The van der Waals surface area contributed by atoms with Crippen LogP contribution in [0.15, 0.2) is 23.7 Å². The van der Waals surface area contributed by atoms with Crippen LogP contribution in [0.1, 0.15) is 5.69 Å². The van der Waals surface area contributed by atoms with Crippen LogP contribution in [-0.2, 0) is 9.84 Å². The van der Waals surface area contributed by atoms with E-state index in [1.165, 1.54) is 23.7 Å². The normalized spacial score (nSPS) is 21.6. The summed E-state index contributed by atoms with van der Waals surface area (Å²) in [6, 6.07) is 3.03. The summed E-state index contributed by atoms with van der Waals surface area (Å²) in [4.78, 5) is 7.79. The third-order valence-electron chi connectivity index (χ3n) is 2.01. The fraction of sp³-hybridized carbons (Fsp3) is 0.222. The molecule has 82 valence electrons. The molecule has 0 saturated carbocycles. The van der Waals surface area contributed by atoms with Crippen LogP contribution in [0, 0.1) is 11.3 Å². The second-order valence-electron chi connectivity index (χ2n) is 3.29. The molecule has 0 aliphatic carbocycles. The van der Waals surface area contributed by atoms with Crippen molar-refractivity contribution in [3.05, 3.63) is 29.4 Å². The molecule has 1 N–H and O–H groups in total. The van der Waals surface area contributed by atoms with Gasteiger partial charge in [0, 0.05) is 11.6 Å². The van der Waals surface area contributed by atoms with Gasteiger partial charge in [0.05, 0.1) is 11.8 Å². The maximum atomic E-state index is 11.1. The summed E-state index contributed by atoms with van der Waals surface area (Å²) in [6.07, 6.45) is 2.98. The van der Waals surface area contributed by atoms with Gasteiger partial charge in [-0.15, -0.1) is 0 Å². The van der Waals surface area contributed by atoms with Gasteiger partial charge in [-0.05, 0) is 12.1 Å². The van der Waals surface area contributed by atoms with Crippen molar-refractivity contribution in [2.75, 3.05) is 11.1 Å². The second kappa shape index (κ2) is 3.90. The lowest BCUT2D eigenvalue weighted by Crippen LogP contribution is -2.22. The molecule has 1 unspecified atom stereocenters. The highest BCUT2D eigenvalue weighted by Gasteiger charge is 2.21. The fourth-order valence-corrected chi connectivity index (χ4v) is 2.56. The molecule has 1 aromatic heterocycles. The van der Waals surface area contributed by atoms with Crippen LogP contribution in [0.3, 0.4) is 0 Å². The molecular weight excluding hydrogens is 228 g/mol. The SMILES string of the molecule is N#Cc1ccnc(NC2C=CS(=O)(=O)C2)n1. The average Bonchev–Trinajstić information content (AvgIpc) is 2.58. The van der Waals surface area contributed by atoms with Gasteiger partial charge in [0.25, 0.3) is 0 Å². The van der Waals surface area contributed by atoms with Gasteiger partial charge in [-0.1, -0.05) is 0 Å². The number of aromatic nitrogens is 2. The minimum atomic E-state index is -3.09. The Morgan fingerprint density at radius 2 is 2.38 bits per heavy atom. The van der Waals surface area contributed by atoms with Crippen LogP contribution in [0.4, 0.5) is 5.95 Å². The number of hydrogen-bond acceptors (Lipinski definition) is 6. The molecular formula is C9H8N4O2S. The van der Waals surface area contributed by atoms with Crippen molar-refractivity contribution in [1.29, 1.82) is 5.26 Å². The number of rotatable bonds is 2. The van der Waals surface area contributed by atoms with Gasteiger partial charge in [0.2, 0.25) is 5.95 Å². The molecule has 6 nitrogen and oxygen atoms in total. The molecule has 1 aliphatic heterocycles. The third-order valence-corrected chi connectivity index (χ3v) is 3.41. The van der Waals surface area contributed by atoms with Crippen LogP contribution in [0.25, 0.3) is 0 Å². The highest BCUT2D eigenvalue weighted by molar-refractivity contribution is 7.94. The zero-order valence-corrected chi connectivity index (χ0v) is 8.98. The first-order valence-corrected chi connectivity index (χ1v) is 6.21. The summed E-state index contributed by atoms with van der Waals surface area (Å²) >= 11 is 0. The predicted octanol–water partition coefficient (Wildman–Crippen LogP) is 0.0709. The highest BCUT2D eigenvalue weighted by atomic mass is 32.2. The predicted molar refractivity (Wildman–Crippen MR) is 57.1 cm³/mol. The van der Waals surface area contributed by atoms with Crippen molar-refractivity contribution >= 4 is 15.8 Å². The molecule has 0 radical (unpaired) electrons. The molecule has 2 heterocycles. The molecule has 0 fully saturated rings. The minimum Gasteiger partial charge on any atom is -0.347 e. The quantitative estimate of drug-likeness (QED) is 0.780. The average molecular weight is 236 g/mol. The van der Waals surface area contributed by atoms with Gasteiger partial charge in [0.15, 0.2) is 9.84 Å².